The van der Waals surface area contributed by atoms with Gasteiger partial charge in [-0.3, -0.25) is 0 Å². The van der Waals surface area contributed by atoms with E-state index in [-0.39, 0.29) is 5.83 Å². The lowest BCUT2D eigenvalue weighted by atomic mass is 9.91. The van der Waals surface area contributed by atoms with Crippen LogP contribution in [0.15, 0.2) is 35.7 Å². The number of methoxy groups -OCH3 is 1. The van der Waals surface area contributed by atoms with Crippen LogP contribution < -0.4 is 4.74 Å². The Labute approximate surface area is 115 Å². The molecule has 0 saturated carbocycles. The molecule has 1 aromatic carbocycles. The van der Waals surface area contributed by atoms with Crippen LogP contribution in [0.3, 0.4) is 0 Å². The first kappa shape index (κ1) is 15.5. The van der Waals surface area contributed by atoms with Crippen LogP contribution in [0.4, 0.5) is 4.39 Å². The molecule has 2 rings (SSSR count). The van der Waals surface area contributed by atoms with Gasteiger partial charge in [0.1, 0.15) is 11.6 Å². The minimum atomic E-state index is -0.0763. The summed E-state index contributed by atoms with van der Waals surface area (Å²) in [7, 11) is 1.63. The van der Waals surface area contributed by atoms with Crippen molar-refractivity contribution in [3.8, 4) is 5.75 Å². The average molecular weight is 262 g/mol. The molecule has 2 heteroatoms. The summed E-state index contributed by atoms with van der Waals surface area (Å²) >= 11 is 0. The summed E-state index contributed by atoms with van der Waals surface area (Å²) in [6.07, 6.45) is 3.70. The Morgan fingerprint density at radius 1 is 1.16 bits per heavy atom. The first-order valence-corrected chi connectivity index (χ1v) is 6.84. The molecule has 0 unspecified atom stereocenters. The summed E-state index contributed by atoms with van der Waals surface area (Å²) in [6, 6.07) is 5.77. The lowest BCUT2D eigenvalue weighted by Gasteiger charge is -2.16. The second kappa shape index (κ2) is 7.13. The molecule has 1 aliphatic carbocycles. The van der Waals surface area contributed by atoms with E-state index in [1.165, 1.54) is 0 Å². The molecule has 0 heterocycles. The molecule has 0 atom stereocenters. The van der Waals surface area contributed by atoms with Gasteiger partial charge in [0, 0.05) is 5.57 Å². The quantitative estimate of drug-likeness (QED) is 0.688. The SMILES string of the molecule is CC.COc1ccc(C)c(C2=CCCC(C)=C2F)c1. The summed E-state index contributed by atoms with van der Waals surface area (Å²) in [5.74, 6) is 0.690. The van der Waals surface area contributed by atoms with Gasteiger partial charge in [-0.05, 0) is 55.5 Å². The van der Waals surface area contributed by atoms with Crippen LogP contribution in [0.2, 0.25) is 0 Å². The molecule has 0 radical (unpaired) electrons. The van der Waals surface area contributed by atoms with E-state index in [0.717, 1.165) is 35.3 Å². The van der Waals surface area contributed by atoms with Crippen LogP contribution in [0, 0.1) is 6.92 Å². The summed E-state index contributed by atoms with van der Waals surface area (Å²) < 4.78 is 19.3. The average Bonchev–Trinajstić information content (AvgIpc) is 2.45. The summed E-state index contributed by atoms with van der Waals surface area (Å²) in [4.78, 5) is 0. The van der Waals surface area contributed by atoms with Gasteiger partial charge in [0.25, 0.3) is 0 Å². The highest BCUT2D eigenvalue weighted by molar-refractivity contribution is 5.80. The molecule has 0 saturated heterocycles. The predicted molar refractivity (Wildman–Crippen MR) is 80.1 cm³/mol. The molecule has 1 aliphatic rings. The molecule has 0 aliphatic heterocycles. The Morgan fingerprint density at radius 3 is 2.47 bits per heavy atom. The minimum absolute atomic E-state index is 0.0763. The van der Waals surface area contributed by atoms with Gasteiger partial charge in [0.15, 0.2) is 0 Å². The second-order valence-corrected chi connectivity index (χ2v) is 4.43. The molecule has 1 aromatic rings. The number of hydrogen-bond acceptors (Lipinski definition) is 1. The number of benzene rings is 1. The number of halogens is 1. The van der Waals surface area contributed by atoms with Gasteiger partial charge in [-0.1, -0.05) is 26.0 Å². The first-order chi connectivity index (χ1) is 9.13. The standard InChI is InChI=1S/C15H17FO.C2H6/c1-10-7-8-12(17-3)9-14(10)13-6-4-5-11(2)15(13)16;1-2/h6-9H,4-5H2,1-3H3;1-2H3. The molecule has 0 N–H and O–H groups in total. The van der Waals surface area contributed by atoms with Crippen molar-refractivity contribution in [1.29, 1.82) is 0 Å². The summed E-state index contributed by atoms with van der Waals surface area (Å²) in [5, 5.41) is 0. The maximum atomic E-state index is 14.1. The first-order valence-electron chi connectivity index (χ1n) is 6.84. The maximum absolute atomic E-state index is 14.1. The zero-order chi connectivity index (χ0) is 14.4. The Bertz CT molecular complexity index is 498. The Balaban J connectivity index is 0.000000861. The fraction of sp³-hybridized carbons (Fsp3) is 0.412. The smallest absolute Gasteiger partial charge is 0.129 e. The van der Waals surface area contributed by atoms with Crippen LogP contribution in [0.25, 0.3) is 5.57 Å². The van der Waals surface area contributed by atoms with Crippen LogP contribution in [-0.4, -0.2) is 7.11 Å². The number of aryl methyl sites for hydroxylation is 1. The molecule has 104 valence electrons. The summed E-state index contributed by atoms with van der Waals surface area (Å²) in [5.41, 5.74) is 3.55. The number of rotatable bonds is 2. The molecule has 19 heavy (non-hydrogen) atoms. The van der Waals surface area contributed by atoms with E-state index >= 15 is 0 Å². The Kier molecular flexibility index (Phi) is 5.81. The van der Waals surface area contributed by atoms with Crippen molar-refractivity contribution in [2.45, 2.75) is 40.5 Å². The zero-order valence-electron chi connectivity index (χ0n) is 12.5. The molecule has 0 aromatic heterocycles. The van der Waals surface area contributed by atoms with Gasteiger partial charge in [0.2, 0.25) is 0 Å². The fourth-order valence-corrected chi connectivity index (χ4v) is 2.11. The number of allylic oxidation sites excluding steroid dienone is 4. The third-order valence-corrected chi connectivity index (χ3v) is 3.21. The monoisotopic (exact) mass is 262 g/mol. The third-order valence-electron chi connectivity index (χ3n) is 3.21. The van der Waals surface area contributed by atoms with E-state index in [0.29, 0.717) is 5.57 Å². The molecule has 0 bridgehead atoms. The van der Waals surface area contributed by atoms with E-state index in [4.69, 9.17) is 4.74 Å². The topological polar surface area (TPSA) is 9.23 Å². The van der Waals surface area contributed by atoms with Crippen molar-refractivity contribution >= 4 is 5.57 Å². The van der Waals surface area contributed by atoms with Gasteiger partial charge < -0.3 is 4.74 Å². The van der Waals surface area contributed by atoms with Crippen molar-refractivity contribution in [2.24, 2.45) is 0 Å². The maximum Gasteiger partial charge on any atom is 0.129 e. The lowest BCUT2D eigenvalue weighted by molar-refractivity contribution is 0.414. The zero-order valence-corrected chi connectivity index (χ0v) is 12.5. The van der Waals surface area contributed by atoms with Crippen molar-refractivity contribution in [3.05, 3.63) is 46.8 Å². The van der Waals surface area contributed by atoms with Crippen LogP contribution in [-0.2, 0) is 0 Å². The van der Waals surface area contributed by atoms with Crippen LogP contribution >= 0.6 is 0 Å². The van der Waals surface area contributed by atoms with Gasteiger partial charge in [-0.15, -0.1) is 0 Å². The number of ether oxygens (including phenoxy) is 1. The normalized spacial score (nSPS) is 14.5. The highest BCUT2D eigenvalue weighted by Gasteiger charge is 2.16. The van der Waals surface area contributed by atoms with Crippen molar-refractivity contribution < 1.29 is 9.13 Å². The number of hydrogen-bond donors (Lipinski definition) is 0. The second-order valence-electron chi connectivity index (χ2n) is 4.43. The Morgan fingerprint density at radius 2 is 1.84 bits per heavy atom. The van der Waals surface area contributed by atoms with Crippen molar-refractivity contribution in [3.63, 3.8) is 0 Å². The summed E-state index contributed by atoms with van der Waals surface area (Å²) in [6.45, 7) is 7.85. The molecular weight excluding hydrogens is 239 g/mol. The van der Waals surface area contributed by atoms with E-state index in [1.807, 2.05) is 52.0 Å². The van der Waals surface area contributed by atoms with Gasteiger partial charge in [-0.25, -0.2) is 4.39 Å². The Hall–Kier alpha value is -1.57. The minimum Gasteiger partial charge on any atom is -0.497 e. The lowest BCUT2D eigenvalue weighted by Crippen LogP contribution is -1.98. The molecule has 0 fully saturated rings. The van der Waals surface area contributed by atoms with E-state index < -0.39 is 0 Å². The fourth-order valence-electron chi connectivity index (χ4n) is 2.11. The van der Waals surface area contributed by atoms with Gasteiger partial charge in [0.05, 0.1) is 7.11 Å². The largest absolute Gasteiger partial charge is 0.497 e. The van der Waals surface area contributed by atoms with Gasteiger partial charge in [-0.2, -0.15) is 0 Å². The van der Waals surface area contributed by atoms with Crippen LogP contribution in [0.5, 0.6) is 5.75 Å². The molecule has 0 spiro atoms. The van der Waals surface area contributed by atoms with Crippen molar-refractivity contribution in [2.75, 3.05) is 7.11 Å². The molecular formula is C17H23FO. The third kappa shape index (κ3) is 3.46. The highest BCUT2D eigenvalue weighted by Crippen LogP contribution is 2.35. The molecule has 1 nitrogen and oxygen atoms in total. The van der Waals surface area contributed by atoms with E-state index in [1.54, 1.807) is 7.11 Å². The molecule has 0 amide bonds. The van der Waals surface area contributed by atoms with E-state index in [2.05, 4.69) is 0 Å². The highest BCUT2D eigenvalue weighted by atomic mass is 19.1. The predicted octanol–water partition coefficient (Wildman–Crippen LogP) is 5.45. The van der Waals surface area contributed by atoms with Gasteiger partial charge >= 0.3 is 0 Å². The van der Waals surface area contributed by atoms with E-state index in [9.17, 15) is 4.39 Å². The van der Waals surface area contributed by atoms with Crippen LogP contribution in [0.1, 0.15) is 44.7 Å². The van der Waals surface area contributed by atoms with Crippen molar-refractivity contribution in [1.82, 2.24) is 0 Å².